The lowest BCUT2D eigenvalue weighted by atomic mass is 9.85. The predicted molar refractivity (Wildman–Crippen MR) is 81.8 cm³/mol. The number of hydrogen-bond donors (Lipinski definition) is 1. The van der Waals surface area contributed by atoms with Gasteiger partial charge >= 0.3 is 0 Å². The normalized spacial score (nSPS) is 21.5. The molecule has 0 saturated heterocycles. The summed E-state index contributed by atoms with van der Waals surface area (Å²) in [6.45, 7) is 2.31. The van der Waals surface area contributed by atoms with Gasteiger partial charge in [0.1, 0.15) is 6.61 Å². The highest BCUT2D eigenvalue weighted by Gasteiger charge is 2.21. The van der Waals surface area contributed by atoms with Crippen LogP contribution in [0.25, 0.3) is 0 Å². The summed E-state index contributed by atoms with van der Waals surface area (Å²) in [5, 5.41) is 11.5. The van der Waals surface area contributed by atoms with Crippen molar-refractivity contribution in [1.29, 1.82) is 5.26 Å². The van der Waals surface area contributed by atoms with Crippen molar-refractivity contribution in [3.05, 3.63) is 29.8 Å². The van der Waals surface area contributed by atoms with Crippen molar-refractivity contribution in [2.75, 3.05) is 11.9 Å². The summed E-state index contributed by atoms with van der Waals surface area (Å²) < 4.78 is 5.73. The number of nitrogens with one attached hydrogen (secondary N) is 1. The molecule has 0 aliphatic heterocycles. The quantitative estimate of drug-likeness (QED) is 0.901. The fraction of sp³-hybridized carbons (Fsp3) is 0.529. The number of benzene rings is 1. The number of nitrogens with zero attached hydrogens (tertiary/aromatic N) is 1. The van der Waals surface area contributed by atoms with E-state index < -0.39 is 0 Å². The van der Waals surface area contributed by atoms with Gasteiger partial charge in [-0.2, -0.15) is 5.26 Å². The van der Waals surface area contributed by atoms with Gasteiger partial charge in [0.25, 0.3) is 0 Å². The Morgan fingerprint density at radius 1 is 1.38 bits per heavy atom. The molecule has 0 spiro atoms. The first kappa shape index (κ1) is 15.5. The van der Waals surface area contributed by atoms with Crippen molar-refractivity contribution in [3.63, 3.8) is 0 Å². The molecule has 4 nitrogen and oxygen atoms in total. The lowest BCUT2D eigenvalue weighted by Crippen LogP contribution is -2.27. The van der Waals surface area contributed by atoms with Crippen molar-refractivity contribution in [2.24, 2.45) is 5.92 Å². The van der Waals surface area contributed by atoms with E-state index in [-0.39, 0.29) is 18.6 Å². The third kappa shape index (κ3) is 4.87. The average Bonchev–Trinajstić information content (AvgIpc) is 2.54. The molecule has 1 amide bonds. The lowest BCUT2D eigenvalue weighted by molar-refractivity contribution is -0.123. The second-order valence-electron chi connectivity index (χ2n) is 5.61. The van der Waals surface area contributed by atoms with E-state index in [4.69, 9.17) is 10.00 Å². The summed E-state index contributed by atoms with van der Waals surface area (Å²) in [5.41, 5.74) is 1.27. The van der Waals surface area contributed by atoms with E-state index >= 15 is 0 Å². The van der Waals surface area contributed by atoms with E-state index in [2.05, 4.69) is 12.2 Å². The minimum Gasteiger partial charge on any atom is -0.368 e. The van der Waals surface area contributed by atoms with Gasteiger partial charge in [-0.05, 0) is 43.0 Å². The van der Waals surface area contributed by atoms with Crippen LogP contribution in [0.1, 0.15) is 44.6 Å². The van der Waals surface area contributed by atoms with Crippen molar-refractivity contribution >= 4 is 11.6 Å². The van der Waals surface area contributed by atoms with E-state index in [0.29, 0.717) is 11.3 Å². The molecule has 2 unspecified atom stereocenters. The fourth-order valence-electron chi connectivity index (χ4n) is 2.78. The van der Waals surface area contributed by atoms with Crippen molar-refractivity contribution in [2.45, 2.75) is 45.1 Å². The molecule has 0 radical (unpaired) electrons. The molecule has 1 aliphatic rings. The van der Waals surface area contributed by atoms with Gasteiger partial charge in [0, 0.05) is 5.69 Å². The monoisotopic (exact) mass is 286 g/mol. The first-order valence-corrected chi connectivity index (χ1v) is 7.63. The Morgan fingerprint density at radius 3 is 2.81 bits per heavy atom. The number of hydrogen-bond acceptors (Lipinski definition) is 3. The molecule has 0 aromatic heterocycles. The van der Waals surface area contributed by atoms with Gasteiger partial charge in [-0.15, -0.1) is 0 Å². The van der Waals surface area contributed by atoms with Crippen LogP contribution in [-0.2, 0) is 9.53 Å². The summed E-state index contributed by atoms with van der Waals surface area (Å²) in [6, 6.07) is 8.87. The third-order valence-electron chi connectivity index (χ3n) is 4.06. The molecule has 1 saturated carbocycles. The Labute approximate surface area is 126 Å². The molecular formula is C17H22N2O2. The van der Waals surface area contributed by atoms with E-state index in [1.54, 1.807) is 24.3 Å². The molecule has 0 heterocycles. The molecule has 2 rings (SSSR count). The van der Waals surface area contributed by atoms with Gasteiger partial charge in [-0.25, -0.2) is 0 Å². The molecule has 0 bridgehead atoms. The Kier molecular flexibility index (Phi) is 5.77. The molecule has 1 N–H and O–H groups in total. The summed E-state index contributed by atoms with van der Waals surface area (Å²) in [7, 11) is 0. The predicted octanol–water partition coefficient (Wildman–Crippen LogP) is 3.48. The van der Waals surface area contributed by atoms with Crippen LogP contribution >= 0.6 is 0 Å². The van der Waals surface area contributed by atoms with Crippen LogP contribution in [0.5, 0.6) is 0 Å². The fourth-order valence-corrected chi connectivity index (χ4v) is 2.78. The molecule has 21 heavy (non-hydrogen) atoms. The van der Waals surface area contributed by atoms with Crippen LogP contribution in [0.2, 0.25) is 0 Å². The number of carbonyl (C=O) groups excluding carboxylic acids is 1. The molecular weight excluding hydrogens is 264 g/mol. The molecule has 4 heteroatoms. The first-order chi connectivity index (χ1) is 10.2. The van der Waals surface area contributed by atoms with E-state index in [0.717, 1.165) is 18.8 Å². The zero-order valence-corrected chi connectivity index (χ0v) is 12.5. The number of anilines is 1. The number of rotatable bonds is 5. The maximum absolute atomic E-state index is 11.9. The van der Waals surface area contributed by atoms with Gasteiger partial charge < -0.3 is 10.1 Å². The van der Waals surface area contributed by atoms with Gasteiger partial charge in [-0.1, -0.05) is 26.2 Å². The van der Waals surface area contributed by atoms with Crippen molar-refractivity contribution in [3.8, 4) is 6.07 Å². The zero-order valence-electron chi connectivity index (χ0n) is 12.5. The summed E-state index contributed by atoms with van der Waals surface area (Å²) in [6.07, 6.45) is 6.02. The highest BCUT2D eigenvalue weighted by molar-refractivity contribution is 5.91. The van der Waals surface area contributed by atoms with Crippen molar-refractivity contribution in [1.82, 2.24) is 0 Å². The van der Waals surface area contributed by atoms with Crippen LogP contribution in [0.4, 0.5) is 5.69 Å². The summed E-state index contributed by atoms with van der Waals surface area (Å²) >= 11 is 0. The van der Waals surface area contributed by atoms with E-state index in [1.165, 1.54) is 19.3 Å². The van der Waals surface area contributed by atoms with Crippen LogP contribution in [-0.4, -0.2) is 18.6 Å². The number of ether oxygens (including phenoxy) is 1. The maximum Gasteiger partial charge on any atom is 0.250 e. The topological polar surface area (TPSA) is 62.1 Å². The summed E-state index contributed by atoms with van der Waals surface area (Å²) in [4.78, 5) is 11.9. The van der Waals surface area contributed by atoms with Gasteiger partial charge in [0.05, 0.1) is 17.7 Å². The minimum absolute atomic E-state index is 0.0983. The standard InChI is InChI=1S/C17H22N2O2/c1-2-13-4-3-5-16(10-13)21-12-17(20)19-15-8-6-14(11-18)7-9-15/h6-9,13,16H,2-5,10,12H2,1H3,(H,19,20). The van der Waals surface area contributed by atoms with Gasteiger partial charge in [0.2, 0.25) is 5.91 Å². The third-order valence-corrected chi connectivity index (χ3v) is 4.06. The highest BCUT2D eigenvalue weighted by Crippen LogP contribution is 2.28. The minimum atomic E-state index is -0.140. The SMILES string of the molecule is CCC1CCCC(OCC(=O)Nc2ccc(C#N)cc2)C1. The Balaban J connectivity index is 1.75. The average molecular weight is 286 g/mol. The first-order valence-electron chi connectivity index (χ1n) is 7.63. The Bertz CT molecular complexity index is 505. The van der Waals surface area contributed by atoms with E-state index in [9.17, 15) is 4.79 Å². The van der Waals surface area contributed by atoms with Crippen LogP contribution in [0, 0.1) is 17.2 Å². The van der Waals surface area contributed by atoms with Crippen molar-refractivity contribution < 1.29 is 9.53 Å². The molecule has 1 aromatic carbocycles. The lowest BCUT2D eigenvalue weighted by Gasteiger charge is -2.28. The van der Waals surface area contributed by atoms with Crippen LogP contribution in [0.15, 0.2) is 24.3 Å². The molecule has 112 valence electrons. The Hall–Kier alpha value is -1.86. The number of nitriles is 1. The van der Waals surface area contributed by atoms with Crippen LogP contribution in [0.3, 0.4) is 0 Å². The molecule has 1 aliphatic carbocycles. The number of carbonyl (C=O) groups is 1. The zero-order chi connectivity index (χ0) is 15.1. The second kappa shape index (κ2) is 7.80. The largest absolute Gasteiger partial charge is 0.368 e. The number of amides is 1. The molecule has 1 fully saturated rings. The molecule has 1 aromatic rings. The van der Waals surface area contributed by atoms with Crippen LogP contribution < -0.4 is 5.32 Å². The molecule has 2 atom stereocenters. The van der Waals surface area contributed by atoms with Gasteiger partial charge in [-0.3, -0.25) is 4.79 Å². The summed E-state index contributed by atoms with van der Waals surface area (Å²) in [5.74, 6) is 0.601. The van der Waals surface area contributed by atoms with Gasteiger partial charge in [0.15, 0.2) is 0 Å². The smallest absolute Gasteiger partial charge is 0.250 e. The Morgan fingerprint density at radius 2 is 2.14 bits per heavy atom. The maximum atomic E-state index is 11.9. The highest BCUT2D eigenvalue weighted by atomic mass is 16.5. The second-order valence-corrected chi connectivity index (χ2v) is 5.61. The van der Waals surface area contributed by atoms with E-state index in [1.807, 2.05) is 6.07 Å².